The van der Waals surface area contributed by atoms with Crippen molar-refractivity contribution in [1.82, 2.24) is 9.21 Å². The number of rotatable bonds is 2. The number of halogens is 2. The van der Waals surface area contributed by atoms with Crippen LogP contribution in [0.5, 0.6) is 0 Å². The van der Waals surface area contributed by atoms with Gasteiger partial charge >= 0.3 is 6.03 Å². The van der Waals surface area contributed by atoms with Crippen LogP contribution < -0.4 is 5.32 Å². The molecule has 1 fully saturated rings. The minimum absolute atomic E-state index is 0.115. The number of carbonyl (C=O) groups is 1. The van der Waals surface area contributed by atoms with E-state index < -0.39 is 27.7 Å². The van der Waals surface area contributed by atoms with Gasteiger partial charge in [0.1, 0.15) is 11.6 Å². The van der Waals surface area contributed by atoms with Crippen LogP contribution in [0.3, 0.4) is 0 Å². The summed E-state index contributed by atoms with van der Waals surface area (Å²) in [4.78, 5) is 13.5. The van der Waals surface area contributed by atoms with Crippen molar-refractivity contribution < 1.29 is 22.0 Å². The highest BCUT2D eigenvalue weighted by Crippen LogP contribution is 2.16. The Hall–Kier alpha value is -1.74. The largest absolute Gasteiger partial charge is 0.323 e. The second-order valence-corrected chi connectivity index (χ2v) is 7.04. The van der Waals surface area contributed by atoms with Crippen LogP contribution in [0.1, 0.15) is 6.42 Å². The number of benzene rings is 1. The van der Waals surface area contributed by atoms with E-state index in [1.165, 1.54) is 9.21 Å². The van der Waals surface area contributed by atoms with Crippen molar-refractivity contribution in [2.75, 3.05) is 37.8 Å². The summed E-state index contributed by atoms with van der Waals surface area (Å²) in [6.45, 7) is 1.11. The zero-order chi connectivity index (χ0) is 16.3. The first-order valence-electron chi connectivity index (χ1n) is 6.73. The molecule has 0 unspecified atom stereocenters. The lowest BCUT2D eigenvalue weighted by molar-refractivity contribution is 0.214. The molecule has 1 aromatic rings. The number of urea groups is 1. The maximum atomic E-state index is 13.5. The molecule has 9 heteroatoms. The molecule has 1 heterocycles. The van der Waals surface area contributed by atoms with Gasteiger partial charge in [-0.1, -0.05) is 0 Å². The van der Waals surface area contributed by atoms with Gasteiger partial charge in [0.05, 0.1) is 11.9 Å². The molecular formula is C13H17F2N3O3S. The molecule has 2 rings (SSSR count). The number of hydrogen-bond acceptors (Lipinski definition) is 3. The van der Waals surface area contributed by atoms with E-state index in [0.717, 1.165) is 18.4 Å². The molecule has 1 aliphatic rings. The van der Waals surface area contributed by atoms with Gasteiger partial charge in [0.2, 0.25) is 10.0 Å². The van der Waals surface area contributed by atoms with Gasteiger partial charge in [0.15, 0.2) is 0 Å². The molecule has 0 saturated carbocycles. The third-order valence-electron chi connectivity index (χ3n) is 3.38. The first kappa shape index (κ1) is 16.6. The zero-order valence-electron chi connectivity index (χ0n) is 12.1. The van der Waals surface area contributed by atoms with E-state index in [1.807, 2.05) is 0 Å². The number of sulfonamides is 1. The van der Waals surface area contributed by atoms with Crippen LogP contribution in [0.2, 0.25) is 0 Å². The van der Waals surface area contributed by atoms with Gasteiger partial charge < -0.3 is 10.2 Å². The topological polar surface area (TPSA) is 69.7 Å². The van der Waals surface area contributed by atoms with E-state index in [9.17, 15) is 22.0 Å². The average molecular weight is 333 g/mol. The van der Waals surface area contributed by atoms with E-state index in [-0.39, 0.29) is 18.8 Å². The summed E-state index contributed by atoms with van der Waals surface area (Å²) in [7, 11) is -3.30. The van der Waals surface area contributed by atoms with Crippen molar-refractivity contribution >= 4 is 21.7 Å². The third kappa shape index (κ3) is 4.14. The van der Waals surface area contributed by atoms with Crippen LogP contribution in [0, 0.1) is 11.6 Å². The Bertz CT molecular complexity index is 666. The van der Waals surface area contributed by atoms with Gasteiger partial charge in [-0.2, -0.15) is 0 Å². The highest BCUT2D eigenvalue weighted by atomic mass is 32.2. The standard InChI is InChI=1S/C13H17F2N3O3S/c1-22(20,21)18-6-2-5-17(7-8-18)13(19)16-12-4-3-10(14)9-11(12)15/h3-4,9H,2,5-8H2,1H3,(H,16,19). The predicted octanol–water partition coefficient (Wildman–Crippen LogP) is 1.46. The Kier molecular flexibility index (Phi) is 4.97. The molecule has 1 aromatic carbocycles. The molecule has 0 bridgehead atoms. The minimum atomic E-state index is -3.30. The Morgan fingerprint density at radius 1 is 1.18 bits per heavy atom. The molecule has 1 N–H and O–H groups in total. The van der Waals surface area contributed by atoms with E-state index in [1.54, 1.807) is 0 Å². The number of carbonyl (C=O) groups excluding carboxylic acids is 1. The van der Waals surface area contributed by atoms with Gasteiger partial charge in [-0.15, -0.1) is 0 Å². The van der Waals surface area contributed by atoms with Crippen molar-refractivity contribution in [3.05, 3.63) is 29.8 Å². The van der Waals surface area contributed by atoms with E-state index >= 15 is 0 Å². The summed E-state index contributed by atoms with van der Waals surface area (Å²) in [6, 6.07) is 2.33. The SMILES string of the molecule is CS(=O)(=O)N1CCCN(C(=O)Nc2ccc(F)cc2F)CC1. The normalized spacial score (nSPS) is 17.1. The summed E-state index contributed by atoms with van der Waals surface area (Å²) >= 11 is 0. The molecule has 122 valence electrons. The maximum absolute atomic E-state index is 13.5. The van der Waals surface area contributed by atoms with Crippen LogP contribution >= 0.6 is 0 Å². The van der Waals surface area contributed by atoms with Gasteiger partial charge in [-0.25, -0.2) is 26.3 Å². The monoisotopic (exact) mass is 333 g/mol. The first-order chi connectivity index (χ1) is 10.3. The third-order valence-corrected chi connectivity index (χ3v) is 4.69. The highest BCUT2D eigenvalue weighted by molar-refractivity contribution is 7.88. The van der Waals surface area contributed by atoms with Gasteiger partial charge in [-0.05, 0) is 18.6 Å². The fourth-order valence-electron chi connectivity index (χ4n) is 2.21. The lowest BCUT2D eigenvalue weighted by Crippen LogP contribution is -2.39. The van der Waals surface area contributed by atoms with Crippen LogP contribution in [0.15, 0.2) is 18.2 Å². The van der Waals surface area contributed by atoms with Crippen molar-refractivity contribution in [1.29, 1.82) is 0 Å². The smallest absolute Gasteiger partial charge is 0.321 e. The van der Waals surface area contributed by atoms with E-state index in [2.05, 4.69) is 5.32 Å². The van der Waals surface area contributed by atoms with Crippen LogP contribution in [-0.2, 0) is 10.0 Å². The Labute approximate surface area is 127 Å². The molecular weight excluding hydrogens is 316 g/mol. The van der Waals surface area contributed by atoms with Gasteiger partial charge in [0, 0.05) is 32.2 Å². The maximum Gasteiger partial charge on any atom is 0.321 e. The molecule has 1 aliphatic heterocycles. The summed E-state index contributed by atoms with van der Waals surface area (Å²) in [6.07, 6.45) is 1.61. The molecule has 1 saturated heterocycles. The lowest BCUT2D eigenvalue weighted by atomic mass is 10.3. The van der Waals surface area contributed by atoms with Crippen molar-refractivity contribution in [3.63, 3.8) is 0 Å². The van der Waals surface area contributed by atoms with Crippen LogP contribution in [-0.4, -0.2) is 56.1 Å². The quantitative estimate of drug-likeness (QED) is 0.891. The van der Waals surface area contributed by atoms with Crippen LogP contribution in [0.25, 0.3) is 0 Å². The van der Waals surface area contributed by atoms with Crippen molar-refractivity contribution in [3.8, 4) is 0 Å². The molecule has 0 radical (unpaired) electrons. The second kappa shape index (κ2) is 6.57. The molecule has 6 nitrogen and oxygen atoms in total. The van der Waals surface area contributed by atoms with Crippen LogP contribution in [0.4, 0.5) is 19.3 Å². The van der Waals surface area contributed by atoms with Crippen molar-refractivity contribution in [2.24, 2.45) is 0 Å². The second-order valence-electron chi connectivity index (χ2n) is 5.06. The lowest BCUT2D eigenvalue weighted by Gasteiger charge is -2.21. The minimum Gasteiger partial charge on any atom is -0.323 e. The highest BCUT2D eigenvalue weighted by Gasteiger charge is 2.24. The van der Waals surface area contributed by atoms with Gasteiger partial charge in [-0.3, -0.25) is 0 Å². The molecule has 2 amide bonds. The summed E-state index contributed by atoms with van der Waals surface area (Å²) in [5, 5.41) is 2.37. The molecule has 0 spiro atoms. The molecule has 0 atom stereocenters. The fourth-order valence-corrected chi connectivity index (χ4v) is 3.09. The average Bonchev–Trinajstić information content (AvgIpc) is 2.67. The number of anilines is 1. The molecule has 0 aliphatic carbocycles. The van der Waals surface area contributed by atoms with E-state index in [0.29, 0.717) is 25.6 Å². The summed E-state index contributed by atoms with van der Waals surface area (Å²) in [5.41, 5.74) is -0.115. The molecule has 0 aromatic heterocycles. The van der Waals surface area contributed by atoms with Gasteiger partial charge in [0.25, 0.3) is 0 Å². The zero-order valence-corrected chi connectivity index (χ0v) is 12.9. The Morgan fingerprint density at radius 3 is 2.55 bits per heavy atom. The first-order valence-corrected chi connectivity index (χ1v) is 8.58. The fraction of sp³-hybridized carbons (Fsp3) is 0.462. The predicted molar refractivity (Wildman–Crippen MR) is 78.0 cm³/mol. The summed E-state index contributed by atoms with van der Waals surface area (Å²) < 4.78 is 50.7. The molecule has 22 heavy (non-hydrogen) atoms. The van der Waals surface area contributed by atoms with Crippen molar-refractivity contribution in [2.45, 2.75) is 6.42 Å². The number of hydrogen-bond donors (Lipinski definition) is 1. The summed E-state index contributed by atoms with van der Waals surface area (Å²) in [5.74, 6) is -1.59. The number of nitrogens with zero attached hydrogens (tertiary/aromatic N) is 2. The Balaban J connectivity index is 2.01. The Morgan fingerprint density at radius 2 is 1.91 bits per heavy atom. The van der Waals surface area contributed by atoms with E-state index in [4.69, 9.17) is 0 Å². The number of amides is 2. The number of nitrogens with one attached hydrogen (secondary N) is 1.